The van der Waals surface area contributed by atoms with Crippen LogP contribution >= 0.6 is 11.3 Å². The van der Waals surface area contributed by atoms with Gasteiger partial charge in [0.05, 0.1) is 34.2 Å². The number of nitrogens with one attached hydrogen (secondary N) is 2. The zero-order valence-corrected chi connectivity index (χ0v) is 10.2. The molecule has 5 heteroatoms. The summed E-state index contributed by atoms with van der Waals surface area (Å²) in [6.07, 6.45) is 1.85. The SMILES string of the molecule is Cc1ncc(CNc2ccc3ncsc3c2)[nH]1. The van der Waals surface area contributed by atoms with Crippen LogP contribution in [0.4, 0.5) is 5.69 Å². The number of rotatable bonds is 3. The quantitative estimate of drug-likeness (QED) is 0.744. The molecule has 1 aromatic carbocycles. The topological polar surface area (TPSA) is 53.6 Å². The molecule has 0 saturated heterocycles. The number of anilines is 1. The molecule has 3 aromatic rings. The second-order valence-electron chi connectivity index (χ2n) is 3.88. The van der Waals surface area contributed by atoms with Crippen molar-refractivity contribution >= 4 is 27.2 Å². The highest BCUT2D eigenvalue weighted by atomic mass is 32.1. The summed E-state index contributed by atoms with van der Waals surface area (Å²) in [6, 6.07) is 6.20. The summed E-state index contributed by atoms with van der Waals surface area (Å²) < 4.78 is 1.20. The molecule has 2 heterocycles. The average molecular weight is 244 g/mol. The van der Waals surface area contributed by atoms with E-state index in [1.54, 1.807) is 11.3 Å². The Balaban J connectivity index is 1.76. The van der Waals surface area contributed by atoms with Crippen LogP contribution in [0.2, 0.25) is 0 Å². The van der Waals surface area contributed by atoms with E-state index >= 15 is 0 Å². The van der Waals surface area contributed by atoms with Gasteiger partial charge in [-0.1, -0.05) is 0 Å². The zero-order chi connectivity index (χ0) is 11.7. The standard InChI is InChI=1S/C12H12N4S/c1-8-13-5-10(16-8)6-14-9-2-3-11-12(4-9)17-7-15-11/h2-5,7,14H,6H2,1H3,(H,13,16). The number of imidazole rings is 1. The van der Waals surface area contributed by atoms with Crippen molar-refractivity contribution in [1.82, 2.24) is 15.0 Å². The lowest BCUT2D eigenvalue weighted by molar-refractivity contribution is 1.05. The number of aromatic amines is 1. The number of benzene rings is 1. The molecule has 0 amide bonds. The molecular formula is C12H12N4S. The second kappa shape index (κ2) is 4.18. The number of hydrogen-bond donors (Lipinski definition) is 2. The molecule has 0 unspecified atom stereocenters. The molecule has 0 bridgehead atoms. The molecule has 17 heavy (non-hydrogen) atoms. The van der Waals surface area contributed by atoms with E-state index in [4.69, 9.17) is 0 Å². The van der Waals surface area contributed by atoms with Crippen LogP contribution in [0.5, 0.6) is 0 Å². The normalized spacial score (nSPS) is 10.9. The molecule has 0 saturated carbocycles. The van der Waals surface area contributed by atoms with Crippen LogP contribution in [0.1, 0.15) is 11.5 Å². The highest BCUT2D eigenvalue weighted by Crippen LogP contribution is 2.21. The van der Waals surface area contributed by atoms with Crippen molar-refractivity contribution in [2.45, 2.75) is 13.5 Å². The number of H-pyrrole nitrogens is 1. The van der Waals surface area contributed by atoms with Crippen molar-refractivity contribution in [3.05, 3.63) is 41.4 Å². The first-order valence-corrected chi connectivity index (χ1v) is 6.27. The minimum Gasteiger partial charge on any atom is -0.379 e. The smallest absolute Gasteiger partial charge is 0.103 e. The Labute approximate surface area is 103 Å². The molecule has 0 aliphatic carbocycles. The lowest BCUT2D eigenvalue weighted by Gasteiger charge is -2.04. The van der Waals surface area contributed by atoms with Crippen molar-refractivity contribution in [3.63, 3.8) is 0 Å². The fraction of sp³-hybridized carbons (Fsp3) is 0.167. The van der Waals surface area contributed by atoms with E-state index < -0.39 is 0 Å². The van der Waals surface area contributed by atoms with Gasteiger partial charge in [0.15, 0.2) is 0 Å². The van der Waals surface area contributed by atoms with Gasteiger partial charge in [-0.05, 0) is 25.1 Å². The zero-order valence-electron chi connectivity index (χ0n) is 9.40. The summed E-state index contributed by atoms with van der Waals surface area (Å²) in [5, 5.41) is 3.36. The van der Waals surface area contributed by atoms with Crippen LogP contribution in [0, 0.1) is 6.92 Å². The maximum atomic E-state index is 4.26. The Morgan fingerprint density at radius 2 is 2.29 bits per heavy atom. The molecule has 0 aliphatic heterocycles. The molecule has 4 nitrogen and oxygen atoms in total. The molecular weight excluding hydrogens is 232 g/mol. The number of aryl methyl sites for hydroxylation is 1. The summed E-state index contributed by atoms with van der Waals surface area (Å²) in [4.78, 5) is 11.6. The van der Waals surface area contributed by atoms with Gasteiger partial charge < -0.3 is 10.3 Å². The van der Waals surface area contributed by atoms with Gasteiger partial charge in [0.1, 0.15) is 5.82 Å². The summed E-state index contributed by atoms with van der Waals surface area (Å²) in [6.45, 7) is 2.71. The fourth-order valence-electron chi connectivity index (χ4n) is 1.72. The van der Waals surface area contributed by atoms with Gasteiger partial charge in [-0.15, -0.1) is 11.3 Å². The molecule has 0 radical (unpaired) electrons. The number of nitrogens with zero attached hydrogens (tertiary/aromatic N) is 2. The summed E-state index contributed by atoms with van der Waals surface area (Å²) in [7, 11) is 0. The molecule has 86 valence electrons. The van der Waals surface area contributed by atoms with E-state index in [2.05, 4.69) is 26.3 Å². The lowest BCUT2D eigenvalue weighted by atomic mass is 10.3. The maximum Gasteiger partial charge on any atom is 0.103 e. The van der Waals surface area contributed by atoms with Crippen LogP contribution in [0.3, 0.4) is 0 Å². The maximum absolute atomic E-state index is 4.26. The summed E-state index contributed by atoms with van der Waals surface area (Å²) in [5.41, 5.74) is 5.12. The minimum absolute atomic E-state index is 0.755. The fourth-order valence-corrected chi connectivity index (χ4v) is 2.44. The van der Waals surface area contributed by atoms with Crippen LogP contribution in [-0.4, -0.2) is 15.0 Å². The summed E-state index contributed by atoms with van der Waals surface area (Å²) >= 11 is 1.66. The molecule has 0 atom stereocenters. The Hall–Kier alpha value is -1.88. The van der Waals surface area contributed by atoms with Crippen LogP contribution in [0.15, 0.2) is 29.9 Å². The van der Waals surface area contributed by atoms with E-state index in [0.29, 0.717) is 0 Å². The molecule has 2 N–H and O–H groups in total. The number of aromatic nitrogens is 3. The van der Waals surface area contributed by atoms with Gasteiger partial charge in [0.25, 0.3) is 0 Å². The third kappa shape index (κ3) is 2.14. The first-order valence-electron chi connectivity index (χ1n) is 5.39. The monoisotopic (exact) mass is 244 g/mol. The van der Waals surface area contributed by atoms with E-state index in [-0.39, 0.29) is 0 Å². The molecule has 3 rings (SSSR count). The number of thiazole rings is 1. The van der Waals surface area contributed by atoms with Crippen LogP contribution < -0.4 is 5.32 Å². The Kier molecular flexibility index (Phi) is 2.53. The van der Waals surface area contributed by atoms with Gasteiger partial charge in [-0.2, -0.15) is 0 Å². The van der Waals surface area contributed by atoms with Gasteiger partial charge in [-0.25, -0.2) is 9.97 Å². The molecule has 0 spiro atoms. The van der Waals surface area contributed by atoms with Gasteiger partial charge >= 0.3 is 0 Å². The van der Waals surface area contributed by atoms with E-state index in [0.717, 1.165) is 29.3 Å². The van der Waals surface area contributed by atoms with Crippen molar-refractivity contribution in [3.8, 4) is 0 Å². The van der Waals surface area contributed by atoms with E-state index in [1.165, 1.54) is 4.70 Å². The first-order chi connectivity index (χ1) is 8.31. The van der Waals surface area contributed by atoms with Crippen LogP contribution in [0.25, 0.3) is 10.2 Å². The highest BCUT2D eigenvalue weighted by molar-refractivity contribution is 7.16. The van der Waals surface area contributed by atoms with Gasteiger partial charge in [0, 0.05) is 5.69 Å². The number of fused-ring (bicyclic) bond motifs is 1. The van der Waals surface area contributed by atoms with Crippen molar-refractivity contribution in [2.24, 2.45) is 0 Å². The van der Waals surface area contributed by atoms with Crippen molar-refractivity contribution in [2.75, 3.05) is 5.32 Å². The van der Waals surface area contributed by atoms with E-state index in [9.17, 15) is 0 Å². The summed E-state index contributed by atoms with van der Waals surface area (Å²) in [5.74, 6) is 0.944. The highest BCUT2D eigenvalue weighted by Gasteiger charge is 2.00. The van der Waals surface area contributed by atoms with Crippen LogP contribution in [-0.2, 0) is 6.54 Å². The second-order valence-corrected chi connectivity index (χ2v) is 4.77. The predicted molar refractivity (Wildman–Crippen MR) is 70.3 cm³/mol. The lowest BCUT2D eigenvalue weighted by Crippen LogP contribution is -1.99. The minimum atomic E-state index is 0.755. The third-order valence-electron chi connectivity index (χ3n) is 2.57. The van der Waals surface area contributed by atoms with E-state index in [1.807, 2.05) is 30.8 Å². The Morgan fingerprint density at radius 3 is 3.12 bits per heavy atom. The average Bonchev–Trinajstić information content (AvgIpc) is 2.94. The van der Waals surface area contributed by atoms with Crippen molar-refractivity contribution in [1.29, 1.82) is 0 Å². The largest absolute Gasteiger partial charge is 0.379 e. The first kappa shape index (κ1) is 10.3. The van der Waals surface area contributed by atoms with Gasteiger partial charge in [0.2, 0.25) is 0 Å². The Bertz CT molecular complexity index is 641. The van der Waals surface area contributed by atoms with Crippen molar-refractivity contribution < 1.29 is 0 Å². The van der Waals surface area contributed by atoms with Gasteiger partial charge in [-0.3, -0.25) is 0 Å². The Morgan fingerprint density at radius 1 is 1.35 bits per heavy atom. The molecule has 0 fully saturated rings. The predicted octanol–water partition coefficient (Wildman–Crippen LogP) is 2.94. The molecule has 0 aliphatic rings. The molecule has 2 aromatic heterocycles. The third-order valence-corrected chi connectivity index (χ3v) is 3.36. The number of hydrogen-bond acceptors (Lipinski definition) is 4.